The summed E-state index contributed by atoms with van der Waals surface area (Å²) in [5.74, 6) is 3.20. The second-order valence-electron chi connectivity index (χ2n) is 5.51. The van der Waals surface area contributed by atoms with Crippen molar-refractivity contribution in [3.63, 3.8) is 0 Å². The van der Waals surface area contributed by atoms with E-state index in [0.29, 0.717) is 11.7 Å². The summed E-state index contributed by atoms with van der Waals surface area (Å²) in [4.78, 5) is 13.5. The van der Waals surface area contributed by atoms with Gasteiger partial charge in [-0.15, -0.1) is 0 Å². The first kappa shape index (κ1) is 13.3. The highest BCUT2D eigenvalue weighted by molar-refractivity contribution is 5.79. The molecule has 0 N–H and O–H groups in total. The van der Waals surface area contributed by atoms with Crippen LogP contribution < -0.4 is 0 Å². The van der Waals surface area contributed by atoms with Gasteiger partial charge in [0.15, 0.2) is 0 Å². The fourth-order valence-corrected chi connectivity index (χ4v) is 2.63. The van der Waals surface area contributed by atoms with Crippen LogP contribution >= 0.6 is 0 Å². The number of nitrogens with zero attached hydrogens (tertiary/aromatic N) is 1. The number of furan rings is 1. The Hall–Kier alpha value is -1.09. The average molecular weight is 249 g/mol. The number of carbonyl (C=O) groups is 1. The summed E-state index contributed by atoms with van der Waals surface area (Å²) in [5, 5.41) is 0. The highest BCUT2D eigenvalue weighted by atomic mass is 16.3. The first-order chi connectivity index (χ1) is 8.63. The molecule has 0 bridgehead atoms. The largest absolute Gasteiger partial charge is 0.466 e. The quantitative estimate of drug-likeness (QED) is 0.804. The highest BCUT2D eigenvalue weighted by Gasteiger charge is 2.19. The maximum atomic E-state index is 11.2. The topological polar surface area (TPSA) is 33.5 Å². The van der Waals surface area contributed by atoms with E-state index in [1.807, 2.05) is 13.0 Å². The van der Waals surface area contributed by atoms with Gasteiger partial charge in [0.05, 0.1) is 0 Å². The SMILES string of the molecule is Cc1ccc(CCN(C)CC2CCC(=O)CC2)o1. The lowest BCUT2D eigenvalue weighted by Crippen LogP contribution is -2.30. The predicted molar refractivity (Wildman–Crippen MR) is 71.6 cm³/mol. The normalized spacial score (nSPS) is 17.6. The van der Waals surface area contributed by atoms with Gasteiger partial charge < -0.3 is 9.32 Å². The van der Waals surface area contributed by atoms with Crippen molar-refractivity contribution in [3.05, 3.63) is 23.7 Å². The monoisotopic (exact) mass is 249 g/mol. The van der Waals surface area contributed by atoms with E-state index in [4.69, 9.17) is 4.42 Å². The van der Waals surface area contributed by atoms with Crippen LogP contribution in [0.3, 0.4) is 0 Å². The molecule has 1 heterocycles. The van der Waals surface area contributed by atoms with Crippen molar-refractivity contribution < 1.29 is 9.21 Å². The lowest BCUT2D eigenvalue weighted by molar-refractivity contribution is -0.121. The van der Waals surface area contributed by atoms with Crippen LogP contribution in [-0.2, 0) is 11.2 Å². The minimum Gasteiger partial charge on any atom is -0.466 e. The number of likely N-dealkylation sites (N-methyl/N-ethyl adjacent to an activating group) is 1. The number of carbonyl (C=O) groups excluding carboxylic acids is 1. The van der Waals surface area contributed by atoms with Crippen molar-refractivity contribution >= 4 is 5.78 Å². The van der Waals surface area contributed by atoms with Gasteiger partial charge in [-0.3, -0.25) is 4.79 Å². The third-order valence-corrected chi connectivity index (χ3v) is 3.77. The Morgan fingerprint density at radius 1 is 1.33 bits per heavy atom. The van der Waals surface area contributed by atoms with Gasteiger partial charge in [-0.2, -0.15) is 0 Å². The first-order valence-corrected chi connectivity index (χ1v) is 6.89. The van der Waals surface area contributed by atoms with Crippen LogP contribution in [-0.4, -0.2) is 30.8 Å². The van der Waals surface area contributed by atoms with Crippen LogP contribution in [0.5, 0.6) is 0 Å². The van der Waals surface area contributed by atoms with E-state index in [1.54, 1.807) is 0 Å². The second-order valence-corrected chi connectivity index (χ2v) is 5.51. The van der Waals surface area contributed by atoms with E-state index in [0.717, 1.165) is 56.7 Å². The van der Waals surface area contributed by atoms with Gasteiger partial charge >= 0.3 is 0 Å². The smallest absolute Gasteiger partial charge is 0.132 e. The van der Waals surface area contributed by atoms with E-state index in [2.05, 4.69) is 18.0 Å². The Morgan fingerprint density at radius 2 is 2.06 bits per heavy atom. The van der Waals surface area contributed by atoms with Gasteiger partial charge in [-0.1, -0.05) is 0 Å². The van der Waals surface area contributed by atoms with Crippen molar-refractivity contribution in [1.82, 2.24) is 4.90 Å². The van der Waals surface area contributed by atoms with Crippen molar-refractivity contribution in [2.45, 2.75) is 39.0 Å². The molecule has 0 saturated heterocycles. The minimum atomic E-state index is 0.444. The Labute approximate surface area is 109 Å². The summed E-state index contributed by atoms with van der Waals surface area (Å²) in [6, 6.07) is 4.07. The molecule has 1 fully saturated rings. The molecule has 0 aromatic carbocycles. The molecule has 0 spiro atoms. The molecule has 100 valence electrons. The number of aryl methyl sites for hydroxylation is 1. The average Bonchev–Trinajstić information content (AvgIpc) is 2.76. The van der Waals surface area contributed by atoms with Gasteiger partial charge in [0.2, 0.25) is 0 Å². The molecule has 2 rings (SSSR count). The van der Waals surface area contributed by atoms with Crippen LogP contribution in [0.4, 0.5) is 0 Å². The molecule has 1 aliphatic rings. The Balaban J connectivity index is 1.68. The van der Waals surface area contributed by atoms with Crippen LogP contribution in [0, 0.1) is 12.8 Å². The lowest BCUT2D eigenvalue weighted by Gasteiger charge is -2.26. The number of hydrogen-bond acceptors (Lipinski definition) is 3. The van der Waals surface area contributed by atoms with Gasteiger partial charge in [0.25, 0.3) is 0 Å². The van der Waals surface area contributed by atoms with E-state index in [9.17, 15) is 4.79 Å². The summed E-state index contributed by atoms with van der Waals surface area (Å²) in [6.07, 6.45) is 4.69. The molecule has 0 amide bonds. The summed E-state index contributed by atoms with van der Waals surface area (Å²) in [5.41, 5.74) is 0. The van der Waals surface area contributed by atoms with Crippen LogP contribution in [0.25, 0.3) is 0 Å². The molecule has 1 aliphatic carbocycles. The van der Waals surface area contributed by atoms with Crippen molar-refractivity contribution in [2.75, 3.05) is 20.1 Å². The molecule has 3 nitrogen and oxygen atoms in total. The summed E-state index contributed by atoms with van der Waals surface area (Å²) < 4.78 is 5.57. The maximum Gasteiger partial charge on any atom is 0.132 e. The Morgan fingerprint density at radius 3 is 2.67 bits per heavy atom. The molecule has 0 unspecified atom stereocenters. The minimum absolute atomic E-state index is 0.444. The summed E-state index contributed by atoms with van der Waals surface area (Å²) >= 11 is 0. The summed E-state index contributed by atoms with van der Waals surface area (Å²) in [7, 11) is 2.16. The molecular weight excluding hydrogens is 226 g/mol. The lowest BCUT2D eigenvalue weighted by atomic mass is 9.88. The van der Waals surface area contributed by atoms with Crippen LogP contribution in [0.1, 0.15) is 37.2 Å². The number of Topliss-reactive ketones (excluding diaryl/α,β-unsaturated/α-hetero) is 1. The standard InChI is InChI=1S/C15H23NO2/c1-12-3-8-15(18-12)9-10-16(2)11-13-4-6-14(17)7-5-13/h3,8,13H,4-7,9-11H2,1-2H3. The zero-order chi connectivity index (χ0) is 13.0. The molecule has 0 atom stereocenters. The Kier molecular flexibility index (Phi) is 4.59. The number of hydrogen-bond donors (Lipinski definition) is 0. The van der Waals surface area contributed by atoms with E-state index >= 15 is 0 Å². The molecule has 1 aromatic rings. The van der Waals surface area contributed by atoms with E-state index in [1.165, 1.54) is 0 Å². The highest BCUT2D eigenvalue weighted by Crippen LogP contribution is 2.22. The van der Waals surface area contributed by atoms with E-state index < -0.39 is 0 Å². The van der Waals surface area contributed by atoms with Crippen LogP contribution in [0.15, 0.2) is 16.5 Å². The molecule has 3 heteroatoms. The fraction of sp³-hybridized carbons (Fsp3) is 0.667. The van der Waals surface area contributed by atoms with Gasteiger partial charge in [0.1, 0.15) is 17.3 Å². The maximum absolute atomic E-state index is 11.2. The van der Waals surface area contributed by atoms with E-state index in [-0.39, 0.29) is 0 Å². The molecule has 1 saturated carbocycles. The number of rotatable bonds is 5. The van der Waals surface area contributed by atoms with Gasteiger partial charge in [0, 0.05) is 32.4 Å². The molecular formula is C15H23NO2. The van der Waals surface area contributed by atoms with Gasteiger partial charge in [-0.05, 0) is 44.9 Å². The Bertz CT molecular complexity index is 387. The first-order valence-electron chi connectivity index (χ1n) is 6.89. The van der Waals surface area contributed by atoms with Gasteiger partial charge in [-0.25, -0.2) is 0 Å². The zero-order valence-corrected chi connectivity index (χ0v) is 11.4. The third-order valence-electron chi connectivity index (χ3n) is 3.77. The number of ketones is 1. The predicted octanol–water partition coefficient (Wildman–Crippen LogP) is 2.82. The molecule has 0 aliphatic heterocycles. The van der Waals surface area contributed by atoms with Crippen molar-refractivity contribution in [3.8, 4) is 0 Å². The van der Waals surface area contributed by atoms with Crippen molar-refractivity contribution in [1.29, 1.82) is 0 Å². The molecule has 18 heavy (non-hydrogen) atoms. The van der Waals surface area contributed by atoms with Crippen molar-refractivity contribution in [2.24, 2.45) is 5.92 Å². The third kappa shape index (κ3) is 3.98. The van der Waals surface area contributed by atoms with Crippen LogP contribution in [0.2, 0.25) is 0 Å². The zero-order valence-electron chi connectivity index (χ0n) is 11.4. The second kappa shape index (κ2) is 6.19. The fourth-order valence-electron chi connectivity index (χ4n) is 2.63. The summed E-state index contributed by atoms with van der Waals surface area (Å²) in [6.45, 7) is 4.11. The molecule has 1 aromatic heterocycles. The molecule has 0 radical (unpaired) electrons.